The van der Waals surface area contributed by atoms with Gasteiger partial charge >= 0.3 is 0 Å². The summed E-state index contributed by atoms with van der Waals surface area (Å²) in [4.78, 5) is 18.6. The van der Waals surface area contributed by atoms with Crippen LogP contribution in [0.5, 0.6) is 5.75 Å². The first-order chi connectivity index (χ1) is 12.9. The molecule has 158 valence electrons. The largest absolute Gasteiger partial charge is 0.491 e. The normalized spacial score (nSPS) is 16.7. The number of benzene rings is 1. The van der Waals surface area contributed by atoms with Gasteiger partial charge in [-0.1, -0.05) is 19.9 Å². The van der Waals surface area contributed by atoms with Crippen LogP contribution in [0.4, 0.5) is 4.39 Å². The minimum Gasteiger partial charge on any atom is -0.491 e. The third-order valence-electron chi connectivity index (χ3n) is 4.39. The van der Waals surface area contributed by atoms with Gasteiger partial charge in [-0.2, -0.15) is 0 Å². The van der Waals surface area contributed by atoms with Crippen LogP contribution < -0.4 is 15.4 Å². The Morgan fingerprint density at radius 2 is 2.14 bits per heavy atom. The summed E-state index contributed by atoms with van der Waals surface area (Å²) in [6, 6.07) is 5.08. The average Bonchev–Trinajstić information content (AvgIpc) is 3.09. The molecule has 1 atom stereocenters. The van der Waals surface area contributed by atoms with E-state index in [1.54, 1.807) is 6.07 Å². The summed E-state index contributed by atoms with van der Waals surface area (Å²) in [7, 11) is 0. The summed E-state index contributed by atoms with van der Waals surface area (Å²) in [6.07, 6.45) is 0.889. The molecule has 1 fully saturated rings. The van der Waals surface area contributed by atoms with Crippen molar-refractivity contribution in [2.75, 3.05) is 26.2 Å². The monoisotopic (exact) mass is 506 g/mol. The SMILES string of the molecule is CCNC(=NCc1ccc(OCC)c(F)c1)NC1CCN(C(=O)C(C)C)C1.I. The van der Waals surface area contributed by atoms with Crippen LogP contribution in [0.1, 0.15) is 39.7 Å². The summed E-state index contributed by atoms with van der Waals surface area (Å²) in [5, 5.41) is 6.59. The Bertz CT molecular complexity index is 670. The van der Waals surface area contributed by atoms with Gasteiger partial charge in [0.25, 0.3) is 0 Å². The summed E-state index contributed by atoms with van der Waals surface area (Å²) in [6.45, 7) is 10.6. The second-order valence-electron chi connectivity index (χ2n) is 6.96. The van der Waals surface area contributed by atoms with Gasteiger partial charge in [-0.25, -0.2) is 9.38 Å². The molecule has 1 aromatic rings. The molecule has 0 aliphatic carbocycles. The fourth-order valence-corrected chi connectivity index (χ4v) is 3.04. The van der Waals surface area contributed by atoms with E-state index in [-0.39, 0.29) is 53.4 Å². The lowest BCUT2D eigenvalue weighted by atomic mass is 10.2. The molecule has 8 heteroatoms. The molecule has 1 unspecified atom stereocenters. The van der Waals surface area contributed by atoms with E-state index >= 15 is 0 Å². The van der Waals surface area contributed by atoms with E-state index in [2.05, 4.69) is 15.6 Å². The number of hydrogen-bond acceptors (Lipinski definition) is 3. The van der Waals surface area contributed by atoms with Gasteiger partial charge in [0.1, 0.15) is 0 Å². The average molecular weight is 506 g/mol. The van der Waals surface area contributed by atoms with Gasteiger partial charge in [-0.15, -0.1) is 24.0 Å². The zero-order chi connectivity index (χ0) is 19.8. The second-order valence-corrected chi connectivity index (χ2v) is 6.96. The van der Waals surface area contributed by atoms with Crippen molar-refractivity contribution in [2.24, 2.45) is 10.9 Å². The fraction of sp³-hybridized carbons (Fsp3) is 0.600. The molecule has 2 N–H and O–H groups in total. The number of amides is 1. The summed E-state index contributed by atoms with van der Waals surface area (Å²) in [5.41, 5.74) is 0.774. The Kier molecular flexibility index (Phi) is 10.6. The Morgan fingerprint density at radius 3 is 2.75 bits per heavy atom. The minimum atomic E-state index is -0.374. The predicted molar refractivity (Wildman–Crippen MR) is 121 cm³/mol. The topological polar surface area (TPSA) is 66.0 Å². The van der Waals surface area contributed by atoms with Crippen molar-refractivity contribution in [3.63, 3.8) is 0 Å². The van der Waals surface area contributed by atoms with Gasteiger partial charge in [0, 0.05) is 31.6 Å². The number of rotatable bonds is 7. The van der Waals surface area contributed by atoms with Crippen molar-refractivity contribution in [1.82, 2.24) is 15.5 Å². The van der Waals surface area contributed by atoms with Gasteiger partial charge < -0.3 is 20.3 Å². The number of carbonyl (C=O) groups is 1. The molecule has 1 heterocycles. The van der Waals surface area contributed by atoms with Crippen LogP contribution in [0, 0.1) is 11.7 Å². The standard InChI is InChI=1S/C20H31FN4O2.HI/c1-5-22-20(24-16-9-10-25(13-16)19(26)14(3)4)23-12-15-7-8-18(27-6-2)17(21)11-15;/h7-8,11,14,16H,5-6,9-10,12-13H2,1-4H3,(H2,22,23,24);1H. The molecule has 0 spiro atoms. The molecule has 28 heavy (non-hydrogen) atoms. The number of nitrogens with zero attached hydrogens (tertiary/aromatic N) is 2. The van der Waals surface area contributed by atoms with Crippen molar-refractivity contribution < 1.29 is 13.9 Å². The molecule has 0 aromatic heterocycles. The number of carbonyl (C=O) groups excluding carboxylic acids is 1. The molecule has 0 radical (unpaired) electrons. The molecular formula is C20H32FIN4O2. The zero-order valence-electron chi connectivity index (χ0n) is 17.1. The van der Waals surface area contributed by atoms with E-state index in [1.807, 2.05) is 38.7 Å². The van der Waals surface area contributed by atoms with Crippen LogP contribution in [0.25, 0.3) is 0 Å². The molecule has 2 rings (SSSR count). The van der Waals surface area contributed by atoms with Crippen molar-refractivity contribution >= 4 is 35.8 Å². The number of likely N-dealkylation sites (tertiary alicyclic amines) is 1. The first-order valence-electron chi connectivity index (χ1n) is 9.69. The van der Waals surface area contributed by atoms with Crippen molar-refractivity contribution in [2.45, 2.75) is 46.7 Å². The Balaban J connectivity index is 0.00000392. The molecule has 6 nitrogen and oxygen atoms in total. The summed E-state index contributed by atoms with van der Waals surface area (Å²) >= 11 is 0. The number of guanidine groups is 1. The fourth-order valence-electron chi connectivity index (χ4n) is 3.04. The highest BCUT2D eigenvalue weighted by molar-refractivity contribution is 14.0. The zero-order valence-corrected chi connectivity index (χ0v) is 19.5. The van der Waals surface area contributed by atoms with Crippen LogP contribution in [-0.4, -0.2) is 49.0 Å². The van der Waals surface area contributed by atoms with Gasteiger partial charge in [0.2, 0.25) is 5.91 Å². The highest BCUT2D eigenvalue weighted by atomic mass is 127. The molecule has 1 amide bonds. The lowest BCUT2D eigenvalue weighted by Gasteiger charge is -2.20. The lowest BCUT2D eigenvalue weighted by Crippen LogP contribution is -2.45. The number of ether oxygens (including phenoxy) is 1. The minimum absolute atomic E-state index is 0. The lowest BCUT2D eigenvalue weighted by molar-refractivity contribution is -0.133. The number of hydrogen-bond donors (Lipinski definition) is 2. The van der Waals surface area contributed by atoms with Gasteiger partial charge in [0.15, 0.2) is 17.5 Å². The van der Waals surface area contributed by atoms with E-state index in [9.17, 15) is 9.18 Å². The van der Waals surface area contributed by atoms with Crippen LogP contribution in [-0.2, 0) is 11.3 Å². The van der Waals surface area contributed by atoms with Crippen molar-refractivity contribution in [1.29, 1.82) is 0 Å². The summed E-state index contributed by atoms with van der Waals surface area (Å²) in [5.74, 6) is 0.763. The smallest absolute Gasteiger partial charge is 0.225 e. The number of aliphatic imine (C=N–C) groups is 1. The molecule has 1 saturated heterocycles. The molecule has 0 bridgehead atoms. The van der Waals surface area contributed by atoms with Crippen LogP contribution >= 0.6 is 24.0 Å². The molecule has 0 saturated carbocycles. The molecule has 1 aliphatic rings. The van der Waals surface area contributed by atoms with Crippen molar-refractivity contribution in [3.05, 3.63) is 29.6 Å². The van der Waals surface area contributed by atoms with Crippen LogP contribution in [0.3, 0.4) is 0 Å². The first-order valence-corrected chi connectivity index (χ1v) is 9.69. The van der Waals surface area contributed by atoms with E-state index in [0.29, 0.717) is 25.7 Å². The van der Waals surface area contributed by atoms with E-state index in [0.717, 1.165) is 25.1 Å². The van der Waals surface area contributed by atoms with Crippen LogP contribution in [0.2, 0.25) is 0 Å². The highest BCUT2D eigenvalue weighted by Crippen LogP contribution is 2.19. The molecule has 1 aliphatic heterocycles. The molecule has 1 aromatic carbocycles. The highest BCUT2D eigenvalue weighted by Gasteiger charge is 2.27. The third-order valence-corrected chi connectivity index (χ3v) is 4.39. The van der Waals surface area contributed by atoms with Gasteiger partial charge in [-0.3, -0.25) is 4.79 Å². The predicted octanol–water partition coefficient (Wildman–Crippen LogP) is 3.15. The maximum atomic E-state index is 14.0. The van der Waals surface area contributed by atoms with Gasteiger partial charge in [-0.05, 0) is 38.0 Å². The first kappa shape index (κ1) is 24.5. The van der Waals surface area contributed by atoms with Crippen molar-refractivity contribution in [3.8, 4) is 5.75 Å². The third kappa shape index (κ3) is 7.10. The number of halogens is 2. The van der Waals surface area contributed by atoms with Crippen LogP contribution in [0.15, 0.2) is 23.2 Å². The maximum absolute atomic E-state index is 14.0. The molecular weight excluding hydrogens is 474 g/mol. The summed E-state index contributed by atoms with van der Waals surface area (Å²) < 4.78 is 19.2. The van der Waals surface area contributed by atoms with E-state index < -0.39 is 0 Å². The number of nitrogens with one attached hydrogen (secondary N) is 2. The van der Waals surface area contributed by atoms with Gasteiger partial charge in [0.05, 0.1) is 13.2 Å². The van der Waals surface area contributed by atoms with E-state index in [4.69, 9.17) is 4.74 Å². The second kappa shape index (κ2) is 12.1. The Morgan fingerprint density at radius 1 is 1.39 bits per heavy atom. The van der Waals surface area contributed by atoms with E-state index in [1.165, 1.54) is 6.07 Å². The quantitative estimate of drug-likeness (QED) is 0.339. The maximum Gasteiger partial charge on any atom is 0.225 e. The Labute approximate surface area is 184 Å². The Hall–Kier alpha value is -1.58.